The summed E-state index contributed by atoms with van der Waals surface area (Å²) in [6, 6.07) is 3.47. The third kappa shape index (κ3) is 3.26. The van der Waals surface area contributed by atoms with E-state index in [-0.39, 0.29) is 12.2 Å². The van der Waals surface area contributed by atoms with Gasteiger partial charge in [-0.2, -0.15) is 0 Å². The fraction of sp³-hybridized carbons (Fsp3) is 0.538. The van der Waals surface area contributed by atoms with E-state index in [2.05, 4.69) is 20.7 Å². The first-order valence-electron chi connectivity index (χ1n) is 6.94. The molecule has 1 aliphatic rings. The molecule has 1 N–H and O–H groups in total. The second-order valence-electron chi connectivity index (χ2n) is 5.22. The van der Waals surface area contributed by atoms with Gasteiger partial charge in [-0.25, -0.2) is 13.1 Å². The molecular formula is C13H18BrN3O4S. The lowest BCUT2D eigenvalue weighted by molar-refractivity contribution is -0.385. The van der Waals surface area contributed by atoms with Crippen LogP contribution in [0.4, 0.5) is 11.4 Å². The van der Waals surface area contributed by atoms with E-state index < -0.39 is 20.2 Å². The lowest BCUT2D eigenvalue weighted by Gasteiger charge is -2.19. The molecule has 1 fully saturated rings. The van der Waals surface area contributed by atoms with Crippen LogP contribution in [0.15, 0.2) is 16.6 Å². The van der Waals surface area contributed by atoms with Crippen LogP contribution in [0.2, 0.25) is 0 Å². The number of nitro groups is 1. The van der Waals surface area contributed by atoms with Gasteiger partial charge < -0.3 is 4.90 Å². The minimum atomic E-state index is -3.38. The van der Waals surface area contributed by atoms with Crippen molar-refractivity contribution in [1.82, 2.24) is 4.72 Å². The van der Waals surface area contributed by atoms with Gasteiger partial charge >= 0.3 is 5.69 Å². The maximum absolute atomic E-state index is 12.1. The SMILES string of the molecule is CCNS(=O)(=O)[C@H]1CCN(c2ccc(C)c(Br)c2[N+](=O)[O-])C1. The number of hydrogen-bond acceptors (Lipinski definition) is 5. The Hall–Kier alpha value is -1.19. The highest BCUT2D eigenvalue weighted by atomic mass is 79.9. The number of hydrogen-bond donors (Lipinski definition) is 1. The van der Waals surface area contributed by atoms with Crippen LogP contribution in [-0.2, 0) is 10.0 Å². The summed E-state index contributed by atoms with van der Waals surface area (Å²) in [5.74, 6) is 0. The Kier molecular flexibility index (Phi) is 5.08. The third-order valence-electron chi connectivity index (χ3n) is 3.74. The summed E-state index contributed by atoms with van der Waals surface area (Å²) >= 11 is 3.26. The predicted molar refractivity (Wildman–Crippen MR) is 88.7 cm³/mol. The normalized spacial score (nSPS) is 18.7. The van der Waals surface area contributed by atoms with Crippen LogP contribution in [0.5, 0.6) is 0 Å². The van der Waals surface area contributed by atoms with Crippen molar-refractivity contribution in [2.75, 3.05) is 24.5 Å². The van der Waals surface area contributed by atoms with Gasteiger partial charge in [0.25, 0.3) is 0 Å². The summed E-state index contributed by atoms with van der Waals surface area (Å²) in [5.41, 5.74) is 1.21. The van der Waals surface area contributed by atoms with Gasteiger partial charge in [-0.15, -0.1) is 0 Å². The van der Waals surface area contributed by atoms with Gasteiger partial charge in [-0.05, 0) is 40.9 Å². The summed E-state index contributed by atoms with van der Waals surface area (Å²) in [7, 11) is -3.38. The highest BCUT2D eigenvalue weighted by molar-refractivity contribution is 9.10. The zero-order valence-corrected chi connectivity index (χ0v) is 14.8. The van der Waals surface area contributed by atoms with Crippen LogP contribution in [0, 0.1) is 17.0 Å². The Balaban J connectivity index is 2.32. The number of aryl methyl sites for hydroxylation is 1. The first-order chi connectivity index (χ1) is 10.3. The molecular weight excluding hydrogens is 374 g/mol. The number of sulfonamides is 1. The van der Waals surface area contributed by atoms with Crippen molar-refractivity contribution in [3.8, 4) is 0 Å². The number of benzene rings is 1. The maximum Gasteiger partial charge on any atom is 0.306 e. The van der Waals surface area contributed by atoms with E-state index in [1.807, 2.05) is 0 Å². The minimum absolute atomic E-state index is 0.0125. The molecule has 7 nitrogen and oxygen atoms in total. The average molecular weight is 392 g/mol. The highest BCUT2D eigenvalue weighted by Crippen LogP contribution is 2.39. The molecule has 0 radical (unpaired) electrons. The fourth-order valence-electron chi connectivity index (χ4n) is 2.60. The van der Waals surface area contributed by atoms with Gasteiger partial charge in [0.2, 0.25) is 10.0 Å². The quantitative estimate of drug-likeness (QED) is 0.613. The summed E-state index contributed by atoms with van der Waals surface area (Å²) < 4.78 is 27.1. The third-order valence-corrected chi connectivity index (χ3v) is 6.70. The Morgan fingerprint density at radius 1 is 1.50 bits per heavy atom. The van der Waals surface area contributed by atoms with Crippen molar-refractivity contribution in [2.24, 2.45) is 0 Å². The molecule has 0 unspecified atom stereocenters. The molecule has 0 aromatic heterocycles. The van der Waals surface area contributed by atoms with Crippen LogP contribution in [0.1, 0.15) is 18.9 Å². The first kappa shape index (κ1) is 17.2. The molecule has 0 aliphatic carbocycles. The number of rotatable bonds is 5. The zero-order chi connectivity index (χ0) is 16.5. The van der Waals surface area contributed by atoms with Crippen molar-refractivity contribution >= 4 is 37.3 Å². The number of anilines is 1. The molecule has 22 heavy (non-hydrogen) atoms. The lowest BCUT2D eigenvalue weighted by Crippen LogP contribution is -2.36. The van der Waals surface area contributed by atoms with Crippen molar-refractivity contribution in [3.05, 3.63) is 32.3 Å². The van der Waals surface area contributed by atoms with Crippen molar-refractivity contribution in [1.29, 1.82) is 0 Å². The molecule has 122 valence electrons. The predicted octanol–water partition coefficient (Wildman–Crippen LogP) is 2.18. The molecule has 0 amide bonds. The van der Waals surface area contributed by atoms with E-state index in [0.29, 0.717) is 29.7 Å². The van der Waals surface area contributed by atoms with Crippen LogP contribution < -0.4 is 9.62 Å². The number of nitrogens with zero attached hydrogens (tertiary/aromatic N) is 2. The van der Waals surface area contributed by atoms with Crippen molar-refractivity contribution < 1.29 is 13.3 Å². The van der Waals surface area contributed by atoms with Gasteiger partial charge in [-0.3, -0.25) is 10.1 Å². The van der Waals surface area contributed by atoms with Gasteiger partial charge in [0.1, 0.15) is 10.2 Å². The summed E-state index contributed by atoms with van der Waals surface area (Å²) in [4.78, 5) is 12.7. The number of nitrogens with one attached hydrogen (secondary N) is 1. The molecule has 9 heteroatoms. The van der Waals surface area contributed by atoms with E-state index in [9.17, 15) is 18.5 Å². The summed E-state index contributed by atoms with van der Waals surface area (Å²) in [6.45, 7) is 4.59. The van der Waals surface area contributed by atoms with E-state index in [1.165, 1.54) is 0 Å². The van der Waals surface area contributed by atoms with E-state index >= 15 is 0 Å². The average Bonchev–Trinajstić information content (AvgIpc) is 2.91. The molecule has 0 saturated carbocycles. The number of halogens is 1. The van der Waals surface area contributed by atoms with Crippen molar-refractivity contribution in [3.63, 3.8) is 0 Å². The topological polar surface area (TPSA) is 92.6 Å². The van der Waals surface area contributed by atoms with Gasteiger partial charge in [0.05, 0.1) is 10.2 Å². The van der Waals surface area contributed by atoms with Gasteiger partial charge in [0.15, 0.2) is 0 Å². The Morgan fingerprint density at radius 2 is 2.18 bits per heavy atom. The largest absolute Gasteiger partial charge is 0.365 e. The molecule has 2 rings (SSSR count). The van der Waals surface area contributed by atoms with E-state index in [4.69, 9.17) is 0 Å². The Bertz CT molecular complexity index is 693. The molecule has 0 bridgehead atoms. The van der Waals surface area contributed by atoms with Crippen molar-refractivity contribution in [2.45, 2.75) is 25.5 Å². The molecule has 1 aromatic carbocycles. The Morgan fingerprint density at radius 3 is 2.77 bits per heavy atom. The van der Waals surface area contributed by atoms with Gasteiger partial charge in [0, 0.05) is 19.6 Å². The highest BCUT2D eigenvalue weighted by Gasteiger charge is 2.35. The van der Waals surface area contributed by atoms with Crippen LogP contribution in [0.3, 0.4) is 0 Å². The molecule has 1 aromatic rings. The Labute approximate surface area is 138 Å². The second kappa shape index (κ2) is 6.51. The summed E-state index contributed by atoms with van der Waals surface area (Å²) in [6.07, 6.45) is 0.456. The minimum Gasteiger partial charge on any atom is -0.365 e. The smallest absolute Gasteiger partial charge is 0.306 e. The fourth-order valence-corrected chi connectivity index (χ4v) is 4.51. The van der Waals surface area contributed by atoms with Gasteiger partial charge in [-0.1, -0.05) is 13.0 Å². The second-order valence-corrected chi connectivity index (χ2v) is 8.06. The van der Waals surface area contributed by atoms with E-state index in [0.717, 1.165) is 5.56 Å². The standard InChI is InChI=1S/C13H18BrN3O4S/c1-3-15-22(20,21)10-6-7-16(8-10)11-5-4-9(2)12(14)13(11)17(18)19/h4-5,10,15H,3,6-8H2,1-2H3/t10-/m0/s1. The molecule has 0 spiro atoms. The monoisotopic (exact) mass is 391 g/mol. The first-order valence-corrected chi connectivity index (χ1v) is 9.28. The zero-order valence-electron chi connectivity index (χ0n) is 12.4. The molecule has 1 aliphatic heterocycles. The van der Waals surface area contributed by atoms with Crippen LogP contribution in [-0.4, -0.2) is 38.2 Å². The van der Waals surface area contributed by atoms with E-state index in [1.54, 1.807) is 30.9 Å². The summed E-state index contributed by atoms with van der Waals surface area (Å²) in [5, 5.41) is 10.8. The van der Waals surface area contributed by atoms with Crippen LogP contribution in [0.25, 0.3) is 0 Å². The molecule has 1 saturated heterocycles. The molecule has 1 atom stereocenters. The maximum atomic E-state index is 12.1. The van der Waals surface area contributed by atoms with Crippen LogP contribution >= 0.6 is 15.9 Å². The number of nitro benzene ring substituents is 1. The lowest BCUT2D eigenvalue weighted by atomic mass is 10.2. The molecule has 1 heterocycles.